The molecule has 0 saturated carbocycles. The van der Waals surface area contributed by atoms with Crippen molar-refractivity contribution in [2.24, 2.45) is 0 Å². The maximum atomic E-state index is 6.02. The van der Waals surface area contributed by atoms with Crippen LogP contribution < -0.4 is 14.8 Å². The van der Waals surface area contributed by atoms with Crippen molar-refractivity contribution < 1.29 is 9.47 Å². The van der Waals surface area contributed by atoms with E-state index in [0.717, 1.165) is 28.6 Å². The van der Waals surface area contributed by atoms with Crippen LogP contribution >= 0.6 is 27.5 Å². The van der Waals surface area contributed by atoms with Gasteiger partial charge in [0.2, 0.25) is 0 Å². The average molecular weight is 427 g/mol. The van der Waals surface area contributed by atoms with E-state index < -0.39 is 0 Å². The summed E-state index contributed by atoms with van der Waals surface area (Å²) in [5, 5.41) is 4.26. The van der Waals surface area contributed by atoms with Gasteiger partial charge in [-0.2, -0.15) is 0 Å². The summed E-state index contributed by atoms with van der Waals surface area (Å²) in [5.74, 6) is 1.41. The van der Waals surface area contributed by atoms with Gasteiger partial charge in [-0.15, -0.1) is 0 Å². The molecule has 0 aliphatic carbocycles. The molecule has 3 nitrogen and oxygen atoms in total. The molecule has 0 amide bonds. The summed E-state index contributed by atoms with van der Waals surface area (Å²) in [6, 6.07) is 11.7. The van der Waals surface area contributed by atoms with Crippen LogP contribution in [0.4, 0.5) is 0 Å². The van der Waals surface area contributed by atoms with Gasteiger partial charge >= 0.3 is 0 Å². The lowest BCUT2D eigenvalue weighted by molar-refractivity contribution is 0.282. The smallest absolute Gasteiger partial charge is 0.175 e. The number of halogens is 2. The molecule has 1 N–H and O–H groups in total. The Morgan fingerprint density at radius 1 is 1.16 bits per heavy atom. The zero-order chi connectivity index (χ0) is 18.4. The molecular formula is C20H25BrClNO2. The second kappa shape index (κ2) is 8.93. The van der Waals surface area contributed by atoms with Crippen LogP contribution in [0.2, 0.25) is 5.02 Å². The van der Waals surface area contributed by atoms with Crippen LogP contribution in [0.5, 0.6) is 11.5 Å². The van der Waals surface area contributed by atoms with Crippen LogP contribution in [0.25, 0.3) is 0 Å². The minimum atomic E-state index is 0.0987. The van der Waals surface area contributed by atoms with Gasteiger partial charge in [-0.05, 0) is 71.6 Å². The predicted octanol–water partition coefficient (Wildman–Crippen LogP) is 5.97. The molecular weight excluding hydrogens is 402 g/mol. The van der Waals surface area contributed by atoms with E-state index in [9.17, 15) is 0 Å². The summed E-state index contributed by atoms with van der Waals surface area (Å²) in [7, 11) is 1.65. The molecule has 0 unspecified atom stereocenters. The Kier molecular flexibility index (Phi) is 7.17. The molecule has 0 fully saturated rings. The van der Waals surface area contributed by atoms with Crippen LogP contribution in [-0.4, -0.2) is 12.6 Å². The van der Waals surface area contributed by atoms with Gasteiger partial charge in [0.1, 0.15) is 6.61 Å². The highest BCUT2D eigenvalue weighted by molar-refractivity contribution is 9.10. The fourth-order valence-corrected chi connectivity index (χ4v) is 3.08. The zero-order valence-electron chi connectivity index (χ0n) is 15.2. The second-order valence-electron chi connectivity index (χ2n) is 6.62. The highest BCUT2D eigenvalue weighted by atomic mass is 79.9. The Hall–Kier alpha value is -1.23. The molecule has 0 aromatic heterocycles. The molecule has 0 saturated heterocycles. The Labute approximate surface area is 163 Å². The van der Waals surface area contributed by atoms with E-state index in [1.165, 1.54) is 0 Å². The van der Waals surface area contributed by atoms with Crippen molar-refractivity contribution in [3.63, 3.8) is 0 Å². The van der Waals surface area contributed by atoms with Crippen molar-refractivity contribution in [3.05, 3.63) is 57.0 Å². The third-order valence-corrected chi connectivity index (χ3v) is 5.04. The number of nitrogens with one attached hydrogen (secondary N) is 1. The number of benzene rings is 2. The third kappa shape index (κ3) is 5.91. The van der Waals surface area contributed by atoms with Crippen molar-refractivity contribution in [2.45, 2.75) is 45.9 Å². The number of rotatable bonds is 8. The van der Waals surface area contributed by atoms with E-state index in [2.05, 4.69) is 48.1 Å². The minimum Gasteiger partial charge on any atom is -0.493 e. The Morgan fingerprint density at radius 3 is 2.56 bits per heavy atom. The van der Waals surface area contributed by atoms with Gasteiger partial charge in [-0.3, -0.25) is 0 Å². The Bertz CT molecular complexity index is 719. The van der Waals surface area contributed by atoms with Crippen molar-refractivity contribution in [1.29, 1.82) is 0 Å². The van der Waals surface area contributed by atoms with Crippen LogP contribution in [0.15, 0.2) is 40.9 Å². The van der Waals surface area contributed by atoms with E-state index in [1.807, 2.05) is 30.3 Å². The quantitative estimate of drug-likeness (QED) is 0.564. The van der Waals surface area contributed by atoms with E-state index in [1.54, 1.807) is 7.11 Å². The topological polar surface area (TPSA) is 30.5 Å². The minimum absolute atomic E-state index is 0.0987. The predicted molar refractivity (Wildman–Crippen MR) is 108 cm³/mol. The molecule has 0 heterocycles. The fraction of sp³-hybridized carbons (Fsp3) is 0.400. The monoisotopic (exact) mass is 425 g/mol. The van der Waals surface area contributed by atoms with E-state index in [0.29, 0.717) is 23.1 Å². The largest absolute Gasteiger partial charge is 0.493 e. The van der Waals surface area contributed by atoms with Gasteiger partial charge in [0.25, 0.3) is 0 Å². The van der Waals surface area contributed by atoms with Gasteiger partial charge < -0.3 is 14.8 Å². The first-order chi connectivity index (χ1) is 11.8. The zero-order valence-corrected chi connectivity index (χ0v) is 17.5. The van der Waals surface area contributed by atoms with Crippen molar-refractivity contribution in [3.8, 4) is 11.5 Å². The van der Waals surface area contributed by atoms with E-state index in [-0.39, 0.29) is 5.54 Å². The number of hydrogen-bond donors (Lipinski definition) is 1. The summed E-state index contributed by atoms with van der Waals surface area (Å²) in [5.41, 5.74) is 2.25. The summed E-state index contributed by atoms with van der Waals surface area (Å²) >= 11 is 9.63. The molecule has 0 spiro atoms. The lowest BCUT2D eigenvalue weighted by Gasteiger charge is -2.25. The summed E-state index contributed by atoms with van der Waals surface area (Å²) in [6.07, 6.45) is 1.06. The third-order valence-electron chi connectivity index (χ3n) is 4.22. The van der Waals surface area contributed by atoms with Crippen molar-refractivity contribution in [2.75, 3.05) is 7.11 Å². The first-order valence-electron chi connectivity index (χ1n) is 8.33. The first-order valence-corrected chi connectivity index (χ1v) is 9.50. The van der Waals surface area contributed by atoms with Gasteiger partial charge in [-0.25, -0.2) is 0 Å². The summed E-state index contributed by atoms with van der Waals surface area (Å²) in [6.45, 7) is 7.76. The van der Waals surface area contributed by atoms with Gasteiger partial charge in [0, 0.05) is 17.1 Å². The number of methoxy groups -OCH3 is 1. The molecule has 0 aliphatic rings. The van der Waals surface area contributed by atoms with Crippen LogP contribution in [0, 0.1) is 0 Å². The highest BCUT2D eigenvalue weighted by Crippen LogP contribution is 2.37. The van der Waals surface area contributed by atoms with E-state index >= 15 is 0 Å². The molecule has 25 heavy (non-hydrogen) atoms. The Morgan fingerprint density at radius 2 is 1.92 bits per heavy atom. The van der Waals surface area contributed by atoms with Gasteiger partial charge in [0.15, 0.2) is 11.5 Å². The molecule has 2 aromatic carbocycles. The molecule has 0 radical (unpaired) electrons. The van der Waals surface area contributed by atoms with Crippen LogP contribution in [0.3, 0.4) is 0 Å². The molecule has 136 valence electrons. The Balaban J connectivity index is 2.13. The molecule has 2 rings (SSSR count). The summed E-state index contributed by atoms with van der Waals surface area (Å²) in [4.78, 5) is 0. The van der Waals surface area contributed by atoms with Crippen molar-refractivity contribution in [1.82, 2.24) is 5.32 Å². The molecule has 0 bridgehead atoms. The molecule has 0 atom stereocenters. The van der Waals surface area contributed by atoms with E-state index in [4.69, 9.17) is 21.1 Å². The maximum Gasteiger partial charge on any atom is 0.175 e. The average Bonchev–Trinajstić information content (AvgIpc) is 2.58. The lowest BCUT2D eigenvalue weighted by Crippen LogP contribution is -2.37. The standard InChI is InChI=1S/C20H25BrClNO2/c1-5-20(2,3)23-12-15-10-17(21)19(18(11-15)24-4)25-13-14-7-6-8-16(22)9-14/h6-11,23H,5,12-13H2,1-4H3. The summed E-state index contributed by atoms with van der Waals surface area (Å²) < 4.78 is 12.4. The molecule has 0 aliphatic heterocycles. The first kappa shape index (κ1) is 20.1. The van der Waals surface area contributed by atoms with Crippen molar-refractivity contribution >= 4 is 27.5 Å². The number of ether oxygens (including phenoxy) is 2. The highest BCUT2D eigenvalue weighted by Gasteiger charge is 2.16. The maximum absolute atomic E-state index is 6.02. The lowest BCUT2D eigenvalue weighted by atomic mass is 10.0. The fourth-order valence-electron chi connectivity index (χ4n) is 2.26. The molecule has 2 aromatic rings. The van der Waals surface area contributed by atoms with Crippen LogP contribution in [-0.2, 0) is 13.2 Å². The second-order valence-corrected chi connectivity index (χ2v) is 7.91. The molecule has 5 heteroatoms. The van der Waals surface area contributed by atoms with Gasteiger partial charge in [-0.1, -0.05) is 30.7 Å². The van der Waals surface area contributed by atoms with Gasteiger partial charge in [0.05, 0.1) is 11.6 Å². The number of hydrogen-bond acceptors (Lipinski definition) is 3. The van der Waals surface area contributed by atoms with Crippen LogP contribution in [0.1, 0.15) is 38.3 Å². The SMILES string of the molecule is CCC(C)(C)NCc1cc(Br)c(OCc2cccc(Cl)c2)c(OC)c1. The normalized spacial score (nSPS) is 11.4.